The molecule has 3 aromatic rings. The molecule has 0 atom stereocenters. The van der Waals surface area contributed by atoms with Crippen molar-refractivity contribution >= 4 is 46.7 Å². The summed E-state index contributed by atoms with van der Waals surface area (Å²) in [5.41, 5.74) is 3.09. The molecule has 2 aliphatic rings. The highest BCUT2D eigenvalue weighted by atomic mass is 35.5. The van der Waals surface area contributed by atoms with Crippen molar-refractivity contribution in [3.8, 4) is 11.5 Å². The number of allylic oxidation sites excluding steroid dienone is 1. The molecule has 0 fully saturated rings. The van der Waals surface area contributed by atoms with E-state index in [1.165, 1.54) is 18.2 Å². The minimum Gasteiger partial charge on any atom is -0.478 e. The average Bonchev–Trinajstić information content (AvgIpc) is 3.13. The van der Waals surface area contributed by atoms with Crippen molar-refractivity contribution in [1.82, 2.24) is 4.90 Å². The van der Waals surface area contributed by atoms with Gasteiger partial charge in [0.15, 0.2) is 5.76 Å². The van der Waals surface area contributed by atoms with Crippen molar-refractivity contribution < 1.29 is 18.7 Å². The van der Waals surface area contributed by atoms with Gasteiger partial charge in [0.1, 0.15) is 24.0 Å². The standard InChI is InChI=1S/C26H19Cl3FNO3/c1-14-9-22-18(12-31(13-33-22)8-7-15-5-6-16(27)10-20(15)29)26-24(14)25(32)23(34-26)11-17-19(28)3-2-4-21(17)30/h2-6,9-11H,7-8,12-13H2,1H3/b23-11+. The number of aryl methyl sites for hydroxylation is 1. The number of rotatable bonds is 4. The summed E-state index contributed by atoms with van der Waals surface area (Å²) < 4.78 is 26.3. The minimum atomic E-state index is -0.526. The summed E-state index contributed by atoms with van der Waals surface area (Å²) in [6.45, 7) is 3.45. The van der Waals surface area contributed by atoms with Crippen LogP contribution in [0.1, 0.15) is 32.6 Å². The molecule has 0 unspecified atom stereocenters. The van der Waals surface area contributed by atoms with Crippen LogP contribution in [-0.4, -0.2) is 24.0 Å². The van der Waals surface area contributed by atoms with Gasteiger partial charge in [-0.25, -0.2) is 4.39 Å². The van der Waals surface area contributed by atoms with Gasteiger partial charge in [-0.15, -0.1) is 0 Å². The maximum atomic E-state index is 14.3. The molecule has 4 nitrogen and oxygen atoms in total. The van der Waals surface area contributed by atoms with Gasteiger partial charge < -0.3 is 9.47 Å². The van der Waals surface area contributed by atoms with E-state index in [2.05, 4.69) is 4.90 Å². The number of fused-ring (bicyclic) bond motifs is 3. The molecule has 2 aliphatic heterocycles. The molecular weight excluding hydrogens is 500 g/mol. The van der Waals surface area contributed by atoms with Crippen molar-refractivity contribution in [3.05, 3.63) is 96.9 Å². The highest BCUT2D eigenvalue weighted by Gasteiger charge is 2.35. The summed E-state index contributed by atoms with van der Waals surface area (Å²) in [6.07, 6.45) is 2.06. The topological polar surface area (TPSA) is 38.8 Å². The highest BCUT2D eigenvalue weighted by Crippen LogP contribution is 2.44. The van der Waals surface area contributed by atoms with E-state index in [0.717, 1.165) is 16.7 Å². The van der Waals surface area contributed by atoms with E-state index in [-0.39, 0.29) is 22.1 Å². The molecule has 0 bridgehead atoms. The van der Waals surface area contributed by atoms with Crippen LogP contribution in [0, 0.1) is 12.7 Å². The number of carbonyl (C=O) groups is 1. The SMILES string of the molecule is Cc1cc2c(c3c1C(=O)/C(=C\c1c(F)cccc1Cl)O3)CN(CCc1ccc(Cl)cc1Cl)CO2. The second kappa shape index (κ2) is 9.23. The van der Waals surface area contributed by atoms with E-state index >= 15 is 0 Å². The van der Waals surface area contributed by atoms with Crippen LogP contribution in [-0.2, 0) is 13.0 Å². The molecule has 3 aromatic carbocycles. The number of ether oxygens (including phenoxy) is 2. The average molecular weight is 519 g/mol. The predicted octanol–water partition coefficient (Wildman–Crippen LogP) is 7.11. The Kier molecular flexibility index (Phi) is 6.30. The lowest BCUT2D eigenvalue weighted by Gasteiger charge is -2.30. The smallest absolute Gasteiger partial charge is 0.232 e. The maximum Gasteiger partial charge on any atom is 0.232 e. The summed E-state index contributed by atoms with van der Waals surface area (Å²) in [5, 5.41) is 1.42. The van der Waals surface area contributed by atoms with E-state index in [1.807, 2.05) is 25.1 Å². The quantitative estimate of drug-likeness (QED) is 0.345. The first-order valence-electron chi connectivity index (χ1n) is 10.7. The second-order valence-electron chi connectivity index (χ2n) is 8.26. The van der Waals surface area contributed by atoms with Crippen LogP contribution in [0.4, 0.5) is 4.39 Å². The Labute approximate surface area is 211 Å². The van der Waals surface area contributed by atoms with Crippen LogP contribution in [0.25, 0.3) is 6.08 Å². The molecule has 8 heteroatoms. The fourth-order valence-electron chi connectivity index (χ4n) is 4.20. The number of halogens is 4. The van der Waals surface area contributed by atoms with Gasteiger partial charge >= 0.3 is 0 Å². The molecule has 0 aliphatic carbocycles. The molecule has 0 radical (unpaired) electrons. The zero-order chi connectivity index (χ0) is 24.0. The Morgan fingerprint density at radius 3 is 2.71 bits per heavy atom. The predicted molar refractivity (Wildman–Crippen MR) is 132 cm³/mol. The summed E-state index contributed by atoms with van der Waals surface area (Å²) in [6, 6.07) is 11.7. The number of benzene rings is 3. The molecule has 2 heterocycles. The van der Waals surface area contributed by atoms with E-state index in [4.69, 9.17) is 44.3 Å². The maximum absolute atomic E-state index is 14.3. The van der Waals surface area contributed by atoms with Crippen LogP contribution in [0.15, 0.2) is 48.2 Å². The second-order valence-corrected chi connectivity index (χ2v) is 9.51. The van der Waals surface area contributed by atoms with Gasteiger partial charge in [-0.05, 0) is 60.9 Å². The van der Waals surface area contributed by atoms with Crippen LogP contribution in [0.5, 0.6) is 11.5 Å². The Morgan fingerprint density at radius 1 is 1.12 bits per heavy atom. The number of hydrogen-bond acceptors (Lipinski definition) is 4. The van der Waals surface area contributed by atoms with Gasteiger partial charge in [0.25, 0.3) is 0 Å². The summed E-state index contributed by atoms with van der Waals surface area (Å²) in [4.78, 5) is 15.3. The van der Waals surface area contributed by atoms with E-state index < -0.39 is 5.82 Å². The first-order valence-corrected chi connectivity index (χ1v) is 11.8. The number of ketones is 1. The third-order valence-corrected chi connectivity index (χ3v) is 6.89. The molecule has 34 heavy (non-hydrogen) atoms. The van der Waals surface area contributed by atoms with Crippen LogP contribution >= 0.6 is 34.8 Å². The Hall–Kier alpha value is -2.57. The monoisotopic (exact) mass is 517 g/mol. The lowest BCUT2D eigenvalue weighted by molar-refractivity contribution is 0.0949. The molecule has 0 saturated heterocycles. The van der Waals surface area contributed by atoms with Gasteiger partial charge in [0, 0.05) is 28.7 Å². The fourth-order valence-corrected chi connectivity index (χ4v) is 4.92. The highest BCUT2D eigenvalue weighted by molar-refractivity contribution is 6.35. The van der Waals surface area contributed by atoms with Crippen molar-refractivity contribution in [3.63, 3.8) is 0 Å². The Balaban J connectivity index is 1.42. The first kappa shape index (κ1) is 23.2. The molecule has 0 spiro atoms. The molecule has 0 saturated carbocycles. The van der Waals surface area contributed by atoms with Crippen molar-refractivity contribution in [2.24, 2.45) is 0 Å². The normalized spacial score (nSPS) is 16.3. The van der Waals surface area contributed by atoms with Crippen molar-refractivity contribution in [1.29, 1.82) is 0 Å². The lowest BCUT2D eigenvalue weighted by atomic mass is 9.98. The number of nitrogens with zero attached hydrogens (tertiary/aromatic N) is 1. The van der Waals surface area contributed by atoms with Crippen LogP contribution in [0.2, 0.25) is 15.1 Å². The van der Waals surface area contributed by atoms with E-state index in [1.54, 1.807) is 12.1 Å². The summed E-state index contributed by atoms with van der Waals surface area (Å²) in [7, 11) is 0. The lowest BCUT2D eigenvalue weighted by Crippen LogP contribution is -2.34. The first-order chi connectivity index (χ1) is 16.3. The molecule has 0 aromatic heterocycles. The third kappa shape index (κ3) is 4.29. The van der Waals surface area contributed by atoms with E-state index in [0.29, 0.717) is 53.3 Å². The molecule has 5 rings (SSSR count). The molecular formula is C26H19Cl3FNO3. The van der Waals surface area contributed by atoms with Gasteiger partial charge in [-0.1, -0.05) is 46.9 Å². The number of Topliss-reactive ketones (excluding diaryl/α,β-unsaturated/α-hetero) is 1. The number of carbonyl (C=O) groups excluding carboxylic acids is 1. The van der Waals surface area contributed by atoms with Gasteiger partial charge in [-0.2, -0.15) is 0 Å². The van der Waals surface area contributed by atoms with Crippen molar-refractivity contribution in [2.45, 2.75) is 19.9 Å². The Morgan fingerprint density at radius 2 is 1.94 bits per heavy atom. The van der Waals surface area contributed by atoms with Crippen LogP contribution in [0.3, 0.4) is 0 Å². The molecule has 174 valence electrons. The van der Waals surface area contributed by atoms with Crippen LogP contribution < -0.4 is 9.47 Å². The third-order valence-electron chi connectivity index (χ3n) is 5.98. The van der Waals surface area contributed by atoms with Gasteiger partial charge in [-0.3, -0.25) is 9.69 Å². The van der Waals surface area contributed by atoms with Crippen molar-refractivity contribution in [2.75, 3.05) is 13.3 Å². The Bertz CT molecular complexity index is 1340. The van der Waals surface area contributed by atoms with E-state index in [9.17, 15) is 9.18 Å². The largest absolute Gasteiger partial charge is 0.478 e. The molecule has 0 amide bonds. The minimum absolute atomic E-state index is 0.0311. The fraction of sp³-hybridized carbons (Fsp3) is 0.192. The summed E-state index contributed by atoms with van der Waals surface area (Å²) >= 11 is 18.4. The zero-order valence-corrected chi connectivity index (χ0v) is 20.4. The summed E-state index contributed by atoms with van der Waals surface area (Å²) in [5.74, 6) is 0.327. The zero-order valence-electron chi connectivity index (χ0n) is 18.1. The number of hydrogen-bond donors (Lipinski definition) is 0. The van der Waals surface area contributed by atoms with Gasteiger partial charge in [0.2, 0.25) is 5.78 Å². The van der Waals surface area contributed by atoms with Gasteiger partial charge in [0.05, 0.1) is 16.1 Å². The molecule has 0 N–H and O–H groups in total.